The van der Waals surface area contributed by atoms with Crippen molar-refractivity contribution in [1.82, 2.24) is 0 Å². The molecule has 0 fully saturated rings. The molecule has 0 saturated carbocycles. The van der Waals surface area contributed by atoms with E-state index in [0.29, 0.717) is 0 Å². The standard InChI is InChI=1S/C13H32N2.3CH4/c1-7-9-11-14(3,4)13-15(5,6)12-10-8-2;;;/h7-13H2,1-6H3;3*1H4/q+2;;;. The zero-order valence-corrected chi connectivity index (χ0v) is 11.8. The normalized spacial score (nSPS) is 11.0. The molecule has 0 radical (unpaired) electrons. The largest absolute Gasteiger partial charge is 0.282 e. The van der Waals surface area contributed by atoms with E-state index in [-0.39, 0.29) is 22.3 Å². The fraction of sp³-hybridized carbons (Fsp3) is 1.00. The zero-order chi connectivity index (χ0) is 11.9. The van der Waals surface area contributed by atoms with Crippen LogP contribution in [-0.4, -0.2) is 56.9 Å². The third-order valence-electron chi connectivity index (χ3n) is 3.00. The van der Waals surface area contributed by atoms with Gasteiger partial charge in [-0.15, -0.1) is 0 Å². The molecule has 2 heteroatoms. The molecule has 0 rings (SSSR count). The van der Waals surface area contributed by atoms with Gasteiger partial charge in [-0.1, -0.05) is 49.0 Å². The Kier molecular flexibility index (Phi) is 17.6. The molecule has 0 atom stereocenters. The summed E-state index contributed by atoms with van der Waals surface area (Å²) in [6, 6.07) is 0. The van der Waals surface area contributed by atoms with Gasteiger partial charge in [-0.3, -0.25) is 8.97 Å². The SMILES string of the molecule is C.C.C.CCCC[N+](C)(C)C[N+](C)(C)CCCC. The molecule has 0 heterocycles. The smallest absolute Gasteiger partial charge is 0.206 e. The van der Waals surface area contributed by atoms with E-state index in [4.69, 9.17) is 0 Å². The first-order chi connectivity index (χ1) is 6.83. The van der Waals surface area contributed by atoms with Crippen molar-refractivity contribution in [3.05, 3.63) is 0 Å². The number of nitrogens with zero attached hydrogens (tertiary/aromatic N) is 2. The molecule has 0 aromatic heterocycles. The minimum absolute atomic E-state index is 0. The highest BCUT2D eigenvalue weighted by atomic mass is 15.5. The van der Waals surface area contributed by atoms with Gasteiger partial charge in [-0.25, -0.2) is 0 Å². The van der Waals surface area contributed by atoms with Crippen molar-refractivity contribution in [2.75, 3.05) is 47.9 Å². The fourth-order valence-corrected chi connectivity index (χ4v) is 2.35. The molecule has 0 aliphatic carbocycles. The molecule has 2 nitrogen and oxygen atoms in total. The van der Waals surface area contributed by atoms with E-state index in [0.717, 1.165) is 8.97 Å². The maximum absolute atomic E-state index is 2.36. The molecule has 116 valence electrons. The van der Waals surface area contributed by atoms with Crippen LogP contribution in [0.3, 0.4) is 0 Å². The van der Waals surface area contributed by atoms with Gasteiger partial charge in [0.05, 0.1) is 41.3 Å². The van der Waals surface area contributed by atoms with Crippen LogP contribution in [0.1, 0.15) is 61.8 Å². The van der Waals surface area contributed by atoms with E-state index in [1.165, 1.54) is 45.4 Å². The van der Waals surface area contributed by atoms with Gasteiger partial charge >= 0.3 is 0 Å². The van der Waals surface area contributed by atoms with Crippen LogP contribution >= 0.6 is 0 Å². The molecule has 0 bridgehead atoms. The van der Waals surface area contributed by atoms with Crippen molar-refractivity contribution in [2.24, 2.45) is 0 Å². The van der Waals surface area contributed by atoms with Crippen LogP contribution in [0.5, 0.6) is 0 Å². The van der Waals surface area contributed by atoms with Crippen molar-refractivity contribution in [1.29, 1.82) is 0 Å². The van der Waals surface area contributed by atoms with Crippen LogP contribution in [-0.2, 0) is 0 Å². The van der Waals surface area contributed by atoms with Gasteiger partial charge < -0.3 is 0 Å². The van der Waals surface area contributed by atoms with Crippen molar-refractivity contribution >= 4 is 0 Å². The summed E-state index contributed by atoms with van der Waals surface area (Å²) in [6.07, 6.45) is 5.32. The maximum atomic E-state index is 2.36. The second-order valence-corrected chi connectivity index (χ2v) is 6.17. The summed E-state index contributed by atoms with van der Waals surface area (Å²) in [5.41, 5.74) is 0. The summed E-state index contributed by atoms with van der Waals surface area (Å²) in [6.45, 7) is 8.42. The van der Waals surface area contributed by atoms with Crippen molar-refractivity contribution in [3.8, 4) is 0 Å². The van der Waals surface area contributed by atoms with Crippen LogP contribution in [0.2, 0.25) is 0 Å². The quantitative estimate of drug-likeness (QED) is 0.444. The summed E-state index contributed by atoms with van der Waals surface area (Å²) in [5.74, 6) is 0. The maximum Gasteiger partial charge on any atom is 0.206 e. The number of quaternary nitrogens is 2. The highest BCUT2D eigenvalue weighted by Gasteiger charge is 2.26. The lowest BCUT2D eigenvalue weighted by Gasteiger charge is -2.38. The molecule has 0 N–H and O–H groups in total. The first-order valence-corrected chi connectivity index (χ1v) is 6.47. The lowest BCUT2D eigenvalue weighted by Crippen LogP contribution is -2.56. The Bertz CT molecular complexity index is 144. The average Bonchev–Trinajstić information content (AvgIpc) is 2.10. The van der Waals surface area contributed by atoms with E-state index in [1.54, 1.807) is 0 Å². The second-order valence-electron chi connectivity index (χ2n) is 6.17. The van der Waals surface area contributed by atoms with Gasteiger partial charge in [0.25, 0.3) is 0 Å². The van der Waals surface area contributed by atoms with Crippen LogP contribution in [0.15, 0.2) is 0 Å². The number of hydrogen-bond acceptors (Lipinski definition) is 0. The van der Waals surface area contributed by atoms with Gasteiger partial charge in [0.15, 0.2) is 0 Å². The van der Waals surface area contributed by atoms with Crippen LogP contribution in [0.25, 0.3) is 0 Å². The molecule has 0 aromatic rings. The third-order valence-corrected chi connectivity index (χ3v) is 3.00. The highest BCUT2D eigenvalue weighted by Crippen LogP contribution is 2.09. The van der Waals surface area contributed by atoms with Crippen LogP contribution < -0.4 is 0 Å². The summed E-state index contributed by atoms with van der Waals surface area (Å²) in [7, 11) is 9.45. The lowest BCUT2D eigenvalue weighted by molar-refractivity contribution is -1.07. The number of hydrogen-bond donors (Lipinski definition) is 0. The van der Waals surface area contributed by atoms with Crippen molar-refractivity contribution in [2.45, 2.75) is 61.8 Å². The summed E-state index contributed by atoms with van der Waals surface area (Å²) < 4.78 is 2.31. The van der Waals surface area contributed by atoms with E-state index in [9.17, 15) is 0 Å². The molecule has 0 aliphatic heterocycles. The minimum Gasteiger partial charge on any atom is -0.282 e. The Morgan fingerprint density at radius 1 is 0.611 bits per heavy atom. The lowest BCUT2D eigenvalue weighted by atomic mass is 10.3. The molecule has 0 spiro atoms. The van der Waals surface area contributed by atoms with Gasteiger partial charge in [0.1, 0.15) is 0 Å². The first-order valence-electron chi connectivity index (χ1n) is 6.47. The van der Waals surface area contributed by atoms with E-state index in [2.05, 4.69) is 42.0 Å². The Balaban J connectivity index is -0.000000327. The minimum atomic E-state index is 0. The zero-order valence-electron chi connectivity index (χ0n) is 11.8. The van der Waals surface area contributed by atoms with E-state index < -0.39 is 0 Å². The first kappa shape index (κ1) is 26.5. The second kappa shape index (κ2) is 12.0. The highest BCUT2D eigenvalue weighted by molar-refractivity contribution is 4.35. The van der Waals surface area contributed by atoms with Crippen molar-refractivity contribution in [3.63, 3.8) is 0 Å². The Labute approximate surface area is 119 Å². The van der Waals surface area contributed by atoms with Crippen molar-refractivity contribution < 1.29 is 8.97 Å². The van der Waals surface area contributed by atoms with Crippen LogP contribution in [0.4, 0.5) is 0 Å². The monoisotopic (exact) mass is 264 g/mol. The molecule has 0 aromatic carbocycles. The molecular formula is C16H44N2+2. The molecule has 0 unspecified atom stereocenters. The molecule has 18 heavy (non-hydrogen) atoms. The summed E-state index contributed by atoms with van der Waals surface area (Å²) >= 11 is 0. The van der Waals surface area contributed by atoms with Gasteiger partial charge in [0.2, 0.25) is 6.67 Å². The van der Waals surface area contributed by atoms with Gasteiger partial charge in [-0.2, -0.15) is 0 Å². The topological polar surface area (TPSA) is 0 Å². The van der Waals surface area contributed by atoms with Crippen LogP contribution in [0, 0.1) is 0 Å². The Morgan fingerprint density at radius 2 is 0.889 bits per heavy atom. The average molecular weight is 265 g/mol. The Morgan fingerprint density at radius 3 is 1.11 bits per heavy atom. The fourth-order valence-electron chi connectivity index (χ4n) is 2.35. The predicted octanol–water partition coefficient (Wildman–Crippen LogP) is 4.61. The molecule has 0 aliphatic rings. The molecular weight excluding hydrogens is 220 g/mol. The molecule has 0 saturated heterocycles. The van der Waals surface area contributed by atoms with Gasteiger partial charge in [0, 0.05) is 0 Å². The number of unbranched alkanes of at least 4 members (excludes halogenated alkanes) is 2. The Hall–Kier alpha value is -0.0800. The van der Waals surface area contributed by atoms with E-state index >= 15 is 0 Å². The number of rotatable bonds is 8. The summed E-state index contributed by atoms with van der Waals surface area (Å²) in [5, 5.41) is 0. The third kappa shape index (κ3) is 14.0. The molecule has 0 amide bonds. The van der Waals surface area contributed by atoms with E-state index in [1.807, 2.05) is 0 Å². The van der Waals surface area contributed by atoms with Gasteiger partial charge in [-0.05, 0) is 12.8 Å². The summed E-state index contributed by atoms with van der Waals surface area (Å²) in [4.78, 5) is 0. The predicted molar refractivity (Wildman–Crippen MR) is 88.8 cm³/mol.